The molecular formula is C30H26N6O2. The molecule has 1 aromatic carbocycles. The van der Waals surface area contributed by atoms with Gasteiger partial charge in [0, 0.05) is 54.3 Å². The predicted molar refractivity (Wildman–Crippen MR) is 146 cm³/mol. The normalized spacial score (nSPS) is 10.6. The Morgan fingerprint density at radius 2 is 1.74 bits per heavy atom. The van der Waals surface area contributed by atoms with Gasteiger partial charge in [-0.3, -0.25) is 14.8 Å². The summed E-state index contributed by atoms with van der Waals surface area (Å²) in [5.41, 5.74) is 5.59. The summed E-state index contributed by atoms with van der Waals surface area (Å²) < 4.78 is 6.26. The maximum Gasteiger partial charge on any atom is 0.251 e. The molecule has 4 aromatic heterocycles. The number of rotatable bonds is 8. The Hall–Kier alpha value is -5.11. The quantitative estimate of drug-likeness (QED) is 0.268. The summed E-state index contributed by atoms with van der Waals surface area (Å²) in [6.45, 7) is 4.39. The molecule has 0 spiro atoms. The van der Waals surface area contributed by atoms with E-state index >= 15 is 0 Å². The van der Waals surface area contributed by atoms with Crippen LogP contribution in [0.5, 0.6) is 11.5 Å². The fourth-order valence-corrected chi connectivity index (χ4v) is 3.79. The number of ether oxygens (including phenoxy) is 1. The number of amides is 1. The van der Waals surface area contributed by atoms with Crippen molar-refractivity contribution >= 4 is 17.4 Å². The van der Waals surface area contributed by atoms with Crippen LogP contribution >= 0.6 is 0 Å². The minimum Gasteiger partial charge on any atom is -0.455 e. The summed E-state index contributed by atoms with van der Waals surface area (Å²) in [6.07, 6.45) is 6.80. The van der Waals surface area contributed by atoms with E-state index in [1.54, 1.807) is 49.1 Å². The lowest BCUT2D eigenvalue weighted by atomic mass is 10.1. The minimum absolute atomic E-state index is 0.167. The van der Waals surface area contributed by atoms with Crippen LogP contribution in [-0.4, -0.2) is 25.8 Å². The van der Waals surface area contributed by atoms with Crippen LogP contribution in [0.3, 0.4) is 0 Å². The highest BCUT2D eigenvalue weighted by Gasteiger charge is 2.14. The number of benzene rings is 1. The molecule has 0 fully saturated rings. The van der Waals surface area contributed by atoms with Gasteiger partial charge in [0.25, 0.3) is 5.91 Å². The first-order valence-electron chi connectivity index (χ1n) is 12.1. The summed E-state index contributed by atoms with van der Waals surface area (Å²) in [5.74, 6) is 1.61. The molecule has 0 saturated carbocycles. The highest BCUT2D eigenvalue weighted by Crippen LogP contribution is 2.33. The van der Waals surface area contributed by atoms with E-state index in [4.69, 9.17) is 9.72 Å². The molecule has 38 heavy (non-hydrogen) atoms. The van der Waals surface area contributed by atoms with Crippen molar-refractivity contribution in [1.82, 2.24) is 25.3 Å². The Labute approximate surface area is 220 Å². The van der Waals surface area contributed by atoms with Gasteiger partial charge in [0.2, 0.25) is 0 Å². The fourth-order valence-electron chi connectivity index (χ4n) is 3.79. The average Bonchev–Trinajstić information content (AvgIpc) is 2.95. The zero-order valence-corrected chi connectivity index (χ0v) is 21.1. The highest BCUT2D eigenvalue weighted by atomic mass is 16.5. The van der Waals surface area contributed by atoms with Crippen LogP contribution in [-0.2, 0) is 6.54 Å². The van der Waals surface area contributed by atoms with Crippen LogP contribution in [0.15, 0.2) is 97.6 Å². The first-order chi connectivity index (χ1) is 18.5. The maximum atomic E-state index is 12.7. The molecule has 8 nitrogen and oxygen atoms in total. The third-order valence-corrected chi connectivity index (χ3v) is 5.90. The number of hydrogen-bond donors (Lipinski definition) is 2. The number of hydrogen-bond acceptors (Lipinski definition) is 7. The van der Waals surface area contributed by atoms with Crippen LogP contribution in [0.4, 0.5) is 11.5 Å². The van der Waals surface area contributed by atoms with E-state index in [0.29, 0.717) is 35.1 Å². The molecule has 5 aromatic rings. The number of nitrogens with one attached hydrogen (secondary N) is 2. The van der Waals surface area contributed by atoms with Gasteiger partial charge in [-0.1, -0.05) is 12.1 Å². The lowest BCUT2D eigenvalue weighted by Gasteiger charge is -2.14. The van der Waals surface area contributed by atoms with Crippen molar-refractivity contribution in [2.75, 3.05) is 5.32 Å². The van der Waals surface area contributed by atoms with Crippen LogP contribution in [0.1, 0.15) is 27.2 Å². The van der Waals surface area contributed by atoms with Crippen molar-refractivity contribution < 1.29 is 9.53 Å². The zero-order valence-electron chi connectivity index (χ0n) is 21.1. The van der Waals surface area contributed by atoms with Gasteiger partial charge in [-0.2, -0.15) is 0 Å². The van der Waals surface area contributed by atoms with Crippen molar-refractivity contribution in [2.24, 2.45) is 0 Å². The monoisotopic (exact) mass is 502 g/mol. The molecule has 188 valence electrons. The summed E-state index contributed by atoms with van der Waals surface area (Å²) in [4.78, 5) is 30.3. The van der Waals surface area contributed by atoms with Crippen molar-refractivity contribution in [3.63, 3.8) is 0 Å². The SMILES string of the molecule is Cc1cc(Oc2ccnc(Nc3cccc(C(=O)NCc4ccncc4)c3)c2)c(-c2ccccn2)nc1C. The van der Waals surface area contributed by atoms with Crippen LogP contribution in [0, 0.1) is 13.8 Å². The van der Waals surface area contributed by atoms with Gasteiger partial charge in [-0.05, 0) is 79.6 Å². The van der Waals surface area contributed by atoms with Gasteiger partial charge in [-0.15, -0.1) is 0 Å². The number of anilines is 2. The summed E-state index contributed by atoms with van der Waals surface area (Å²) >= 11 is 0. The molecule has 5 rings (SSSR count). The Bertz CT molecular complexity index is 1560. The summed E-state index contributed by atoms with van der Waals surface area (Å²) in [6, 6.07) is 22.2. The summed E-state index contributed by atoms with van der Waals surface area (Å²) in [7, 11) is 0. The molecule has 1 amide bonds. The molecule has 0 unspecified atom stereocenters. The third-order valence-electron chi connectivity index (χ3n) is 5.90. The van der Waals surface area contributed by atoms with Gasteiger partial charge in [0.1, 0.15) is 17.3 Å². The van der Waals surface area contributed by atoms with Crippen molar-refractivity contribution in [1.29, 1.82) is 0 Å². The molecule has 0 atom stereocenters. The number of carbonyl (C=O) groups is 1. The third kappa shape index (κ3) is 5.99. The predicted octanol–water partition coefficient (Wildman–Crippen LogP) is 6.02. The molecule has 0 saturated heterocycles. The van der Waals surface area contributed by atoms with Gasteiger partial charge in [0.05, 0.1) is 5.69 Å². The molecule has 0 aliphatic heterocycles. The largest absolute Gasteiger partial charge is 0.455 e. The maximum absolute atomic E-state index is 12.7. The Morgan fingerprint density at radius 1 is 0.868 bits per heavy atom. The first-order valence-corrected chi connectivity index (χ1v) is 12.1. The van der Waals surface area contributed by atoms with Crippen LogP contribution in [0.25, 0.3) is 11.4 Å². The lowest BCUT2D eigenvalue weighted by Crippen LogP contribution is -2.22. The minimum atomic E-state index is -0.167. The van der Waals surface area contributed by atoms with Crippen LogP contribution < -0.4 is 15.4 Å². The number of aryl methyl sites for hydroxylation is 2. The molecule has 0 aliphatic carbocycles. The van der Waals surface area contributed by atoms with E-state index in [1.165, 1.54) is 0 Å². The molecular weight excluding hydrogens is 476 g/mol. The van der Waals surface area contributed by atoms with Crippen LogP contribution in [0.2, 0.25) is 0 Å². The second-order valence-corrected chi connectivity index (χ2v) is 8.68. The fraction of sp³-hybridized carbons (Fsp3) is 0.100. The second kappa shape index (κ2) is 11.3. The number of carbonyl (C=O) groups excluding carboxylic acids is 1. The highest BCUT2D eigenvalue weighted by molar-refractivity contribution is 5.95. The number of pyridine rings is 4. The van der Waals surface area contributed by atoms with Crippen molar-refractivity contribution in [3.8, 4) is 22.9 Å². The summed E-state index contributed by atoms with van der Waals surface area (Å²) in [5, 5.41) is 6.19. The van der Waals surface area contributed by atoms with E-state index in [-0.39, 0.29) is 5.91 Å². The second-order valence-electron chi connectivity index (χ2n) is 8.68. The van der Waals surface area contributed by atoms with Crippen molar-refractivity contribution in [2.45, 2.75) is 20.4 Å². The van der Waals surface area contributed by atoms with E-state index in [2.05, 4.69) is 25.6 Å². The van der Waals surface area contributed by atoms with Gasteiger partial charge < -0.3 is 15.4 Å². The van der Waals surface area contributed by atoms with E-state index < -0.39 is 0 Å². The molecule has 2 N–H and O–H groups in total. The topological polar surface area (TPSA) is 102 Å². The Morgan fingerprint density at radius 3 is 2.55 bits per heavy atom. The lowest BCUT2D eigenvalue weighted by molar-refractivity contribution is 0.0951. The van der Waals surface area contributed by atoms with Crippen molar-refractivity contribution in [3.05, 3.63) is 120 Å². The molecule has 0 aliphatic rings. The molecule has 0 bridgehead atoms. The smallest absolute Gasteiger partial charge is 0.251 e. The Kier molecular flexibility index (Phi) is 7.31. The van der Waals surface area contributed by atoms with Gasteiger partial charge >= 0.3 is 0 Å². The zero-order chi connectivity index (χ0) is 26.3. The molecule has 8 heteroatoms. The number of aromatic nitrogens is 4. The first kappa shape index (κ1) is 24.6. The average molecular weight is 503 g/mol. The number of nitrogens with zero attached hydrogens (tertiary/aromatic N) is 4. The molecule has 0 radical (unpaired) electrons. The van der Waals surface area contributed by atoms with E-state index in [0.717, 1.165) is 28.2 Å². The van der Waals surface area contributed by atoms with E-state index in [1.807, 2.05) is 62.4 Å². The van der Waals surface area contributed by atoms with E-state index in [9.17, 15) is 4.79 Å². The Balaban J connectivity index is 1.32. The standard InChI is InChI=1S/C30H26N6O2/c1-20-16-27(29(35-21(20)2)26-8-3-4-12-32-26)38-25-11-15-33-28(18-25)36-24-7-5-6-23(17-24)30(37)34-19-22-9-13-31-14-10-22/h3-18H,19H2,1-2H3,(H,33,36)(H,34,37). The van der Waals surface area contributed by atoms with Gasteiger partial charge in [-0.25, -0.2) is 9.97 Å². The van der Waals surface area contributed by atoms with Gasteiger partial charge in [0.15, 0.2) is 5.75 Å². The molecule has 4 heterocycles.